The summed E-state index contributed by atoms with van der Waals surface area (Å²) in [7, 11) is 0. The van der Waals surface area contributed by atoms with Crippen LogP contribution in [0.4, 0.5) is 14.9 Å². The van der Waals surface area contributed by atoms with E-state index in [1.165, 1.54) is 17.0 Å². The van der Waals surface area contributed by atoms with E-state index in [9.17, 15) is 14.0 Å². The van der Waals surface area contributed by atoms with Crippen molar-refractivity contribution in [1.29, 1.82) is 0 Å². The molecule has 1 aromatic heterocycles. The zero-order valence-corrected chi connectivity index (χ0v) is 21.2. The van der Waals surface area contributed by atoms with Gasteiger partial charge in [0.15, 0.2) is 0 Å². The molecular weight excluding hydrogens is 465 g/mol. The van der Waals surface area contributed by atoms with Gasteiger partial charge in [-0.15, -0.1) is 11.3 Å². The van der Waals surface area contributed by atoms with Crippen LogP contribution in [0.25, 0.3) is 0 Å². The van der Waals surface area contributed by atoms with E-state index >= 15 is 0 Å². The van der Waals surface area contributed by atoms with Gasteiger partial charge >= 0.3 is 6.03 Å². The fourth-order valence-corrected chi connectivity index (χ4v) is 4.49. The van der Waals surface area contributed by atoms with Gasteiger partial charge in [-0.3, -0.25) is 4.79 Å². The second-order valence-corrected chi connectivity index (χ2v) is 9.21. The normalized spacial score (nSPS) is 10.6. The number of benzene rings is 2. The number of nitrogens with one attached hydrogen (secondary N) is 1. The van der Waals surface area contributed by atoms with E-state index in [-0.39, 0.29) is 24.3 Å². The van der Waals surface area contributed by atoms with E-state index in [2.05, 4.69) is 5.32 Å². The highest BCUT2D eigenvalue weighted by Gasteiger charge is 2.22. The Bertz CT molecular complexity index is 1100. The molecule has 0 fully saturated rings. The van der Waals surface area contributed by atoms with Crippen LogP contribution in [0.15, 0.2) is 60.0 Å². The summed E-state index contributed by atoms with van der Waals surface area (Å²) in [6.07, 6.45) is 0.714. The van der Waals surface area contributed by atoms with Crippen molar-refractivity contribution in [3.8, 4) is 5.75 Å². The van der Waals surface area contributed by atoms with E-state index in [0.717, 1.165) is 21.8 Å². The first-order chi connectivity index (χ1) is 16.9. The average molecular weight is 498 g/mol. The number of anilines is 1. The van der Waals surface area contributed by atoms with Crippen molar-refractivity contribution in [2.24, 2.45) is 0 Å². The molecule has 2 aromatic carbocycles. The number of ether oxygens (including phenoxy) is 1. The number of carbonyl (C=O) groups excluding carboxylic acids is 2. The lowest BCUT2D eigenvalue weighted by Gasteiger charge is -2.28. The van der Waals surface area contributed by atoms with Gasteiger partial charge in [0.25, 0.3) is 0 Å². The number of hydrogen-bond acceptors (Lipinski definition) is 4. The first kappa shape index (κ1) is 26.2. The topological polar surface area (TPSA) is 61.9 Å². The average Bonchev–Trinajstić information content (AvgIpc) is 3.25. The van der Waals surface area contributed by atoms with Crippen LogP contribution in [0, 0.1) is 12.7 Å². The van der Waals surface area contributed by atoms with Crippen LogP contribution in [0.1, 0.15) is 36.3 Å². The predicted molar refractivity (Wildman–Crippen MR) is 138 cm³/mol. The van der Waals surface area contributed by atoms with Crippen LogP contribution in [0.2, 0.25) is 0 Å². The maximum Gasteiger partial charge on any atom is 0.322 e. The molecule has 3 amide bonds. The Hall–Kier alpha value is -3.39. The lowest BCUT2D eigenvalue weighted by molar-refractivity contribution is -0.133. The summed E-state index contributed by atoms with van der Waals surface area (Å²) in [5.41, 5.74) is 2.57. The van der Waals surface area contributed by atoms with Gasteiger partial charge in [-0.1, -0.05) is 19.1 Å². The standard InChI is InChI=1S/C27H32FN3O3S/c1-4-15-30(27(33)29-23-10-12-24(13-11-23)34-5-2)19-26(32)31(18-25-20(3)14-16-35-25)17-21-6-8-22(28)9-7-21/h6-14,16H,4-5,15,17-19H2,1-3H3,(H,29,33). The van der Waals surface area contributed by atoms with E-state index in [1.54, 1.807) is 52.6 Å². The van der Waals surface area contributed by atoms with Crippen LogP contribution < -0.4 is 10.1 Å². The molecule has 0 bridgehead atoms. The quantitative estimate of drug-likeness (QED) is 0.350. The van der Waals surface area contributed by atoms with Crippen molar-refractivity contribution < 1.29 is 18.7 Å². The summed E-state index contributed by atoms with van der Waals surface area (Å²) >= 11 is 1.59. The third-order valence-electron chi connectivity index (χ3n) is 5.47. The first-order valence-electron chi connectivity index (χ1n) is 11.7. The molecular formula is C27H32FN3O3S. The summed E-state index contributed by atoms with van der Waals surface area (Å²) in [6, 6.07) is 15.0. The summed E-state index contributed by atoms with van der Waals surface area (Å²) in [5.74, 6) is 0.240. The van der Waals surface area contributed by atoms with Gasteiger partial charge < -0.3 is 19.9 Å². The molecule has 0 atom stereocenters. The van der Waals surface area contributed by atoms with E-state index < -0.39 is 0 Å². The number of urea groups is 1. The van der Waals surface area contributed by atoms with Crippen LogP contribution in [0.5, 0.6) is 5.75 Å². The van der Waals surface area contributed by atoms with E-state index in [1.807, 2.05) is 32.2 Å². The number of amides is 3. The molecule has 8 heteroatoms. The molecule has 0 radical (unpaired) electrons. The highest BCUT2D eigenvalue weighted by Crippen LogP contribution is 2.20. The van der Waals surface area contributed by atoms with Crippen LogP contribution in [0.3, 0.4) is 0 Å². The number of rotatable bonds is 11. The molecule has 1 heterocycles. The van der Waals surface area contributed by atoms with Crippen LogP contribution in [-0.2, 0) is 17.9 Å². The maximum atomic E-state index is 13.4. The molecule has 0 saturated heterocycles. The second-order valence-electron chi connectivity index (χ2n) is 8.21. The summed E-state index contributed by atoms with van der Waals surface area (Å²) in [5, 5.41) is 4.87. The minimum absolute atomic E-state index is 0.0533. The third kappa shape index (κ3) is 7.82. The molecule has 186 valence electrons. The van der Waals surface area contributed by atoms with Crippen molar-refractivity contribution in [1.82, 2.24) is 9.80 Å². The number of aryl methyl sites for hydroxylation is 1. The summed E-state index contributed by atoms with van der Waals surface area (Å²) < 4.78 is 18.8. The Morgan fingerprint density at radius 3 is 2.29 bits per heavy atom. The highest BCUT2D eigenvalue weighted by atomic mass is 32.1. The SMILES string of the molecule is CCCN(CC(=O)N(Cc1ccc(F)cc1)Cc1sccc1C)C(=O)Nc1ccc(OCC)cc1. The Morgan fingerprint density at radius 2 is 1.69 bits per heavy atom. The number of halogens is 1. The van der Waals surface area contributed by atoms with Gasteiger partial charge in [-0.05, 0) is 79.2 Å². The molecule has 0 spiro atoms. The van der Waals surface area contributed by atoms with Gasteiger partial charge in [0.2, 0.25) is 5.91 Å². The molecule has 35 heavy (non-hydrogen) atoms. The number of thiophene rings is 1. The lowest BCUT2D eigenvalue weighted by atomic mass is 10.2. The van der Waals surface area contributed by atoms with Crippen LogP contribution in [-0.4, -0.2) is 41.4 Å². The van der Waals surface area contributed by atoms with Crippen molar-refractivity contribution in [2.75, 3.05) is 25.0 Å². The largest absolute Gasteiger partial charge is 0.494 e. The molecule has 1 N–H and O–H groups in total. The van der Waals surface area contributed by atoms with Crippen molar-refractivity contribution in [3.63, 3.8) is 0 Å². The fourth-order valence-electron chi connectivity index (χ4n) is 3.57. The van der Waals surface area contributed by atoms with Gasteiger partial charge in [-0.25, -0.2) is 9.18 Å². The minimum atomic E-state index is -0.335. The Balaban J connectivity index is 1.72. The molecule has 0 saturated carbocycles. The lowest BCUT2D eigenvalue weighted by Crippen LogP contribution is -2.44. The molecule has 0 aliphatic carbocycles. The molecule has 6 nitrogen and oxygen atoms in total. The predicted octanol–water partition coefficient (Wildman–Crippen LogP) is 6.07. The number of carbonyl (C=O) groups is 2. The Morgan fingerprint density at radius 1 is 0.971 bits per heavy atom. The number of nitrogens with zero attached hydrogens (tertiary/aromatic N) is 2. The van der Waals surface area contributed by atoms with E-state index in [4.69, 9.17) is 4.74 Å². The van der Waals surface area contributed by atoms with Gasteiger partial charge in [0.1, 0.15) is 18.1 Å². The molecule has 0 unspecified atom stereocenters. The van der Waals surface area contributed by atoms with Crippen molar-refractivity contribution in [2.45, 2.75) is 40.3 Å². The van der Waals surface area contributed by atoms with E-state index in [0.29, 0.717) is 38.3 Å². The molecule has 0 aliphatic rings. The zero-order chi connectivity index (χ0) is 25.2. The van der Waals surface area contributed by atoms with Gasteiger partial charge in [-0.2, -0.15) is 0 Å². The molecule has 0 aliphatic heterocycles. The summed E-state index contributed by atoms with van der Waals surface area (Å²) in [6.45, 7) is 7.61. The number of hydrogen-bond donors (Lipinski definition) is 1. The van der Waals surface area contributed by atoms with Crippen molar-refractivity contribution >= 4 is 29.0 Å². The summed E-state index contributed by atoms with van der Waals surface area (Å²) in [4.78, 5) is 30.8. The van der Waals surface area contributed by atoms with Crippen molar-refractivity contribution in [3.05, 3.63) is 81.8 Å². The minimum Gasteiger partial charge on any atom is -0.494 e. The third-order valence-corrected chi connectivity index (χ3v) is 6.47. The molecule has 3 rings (SSSR count). The zero-order valence-electron chi connectivity index (χ0n) is 20.4. The van der Waals surface area contributed by atoms with Gasteiger partial charge in [0.05, 0.1) is 13.2 Å². The Kier molecular flexibility index (Phi) is 9.66. The highest BCUT2D eigenvalue weighted by molar-refractivity contribution is 7.10. The van der Waals surface area contributed by atoms with Gasteiger partial charge in [0, 0.05) is 23.7 Å². The fraction of sp³-hybridized carbons (Fsp3) is 0.333. The monoisotopic (exact) mass is 497 g/mol. The first-order valence-corrected chi connectivity index (χ1v) is 12.6. The Labute approximate surface area is 210 Å². The second kappa shape index (κ2) is 12.9. The maximum absolute atomic E-state index is 13.4. The molecule has 3 aromatic rings. The smallest absolute Gasteiger partial charge is 0.322 e. The van der Waals surface area contributed by atoms with Crippen LogP contribution >= 0.6 is 11.3 Å².